The van der Waals surface area contributed by atoms with Gasteiger partial charge in [-0.3, -0.25) is 19.2 Å². The second kappa shape index (κ2) is 11.4. The molecular weight excluding hydrogens is 468 g/mol. The topological polar surface area (TPSA) is 137 Å². The Kier molecular flexibility index (Phi) is 8.14. The van der Waals surface area contributed by atoms with Crippen molar-refractivity contribution < 1.29 is 38.2 Å². The number of carbonyl (C=O) groups excluding carboxylic acids is 5. The van der Waals surface area contributed by atoms with Crippen LogP contribution in [0.1, 0.15) is 44.9 Å². The minimum atomic E-state index is -0.725. The van der Waals surface area contributed by atoms with E-state index >= 15 is 0 Å². The number of rotatable bonds is 7. The Morgan fingerprint density at radius 1 is 0.639 bits per heavy atom. The molecule has 0 saturated heterocycles. The Balaban J connectivity index is 1.92. The standard InChI is InChI=1S/C26H22N2O8/c1-15(29)35-22-10-6-4-8-19(22)24(31)27-17-12-13-18(26(33)34-3)21(14-17)28-25(32)20-9-5-7-11-23(20)36-16(2)30/h4-14H,1-3H3,(H,27,31)(H,28,32). The van der Waals surface area contributed by atoms with Crippen molar-refractivity contribution in [2.45, 2.75) is 13.8 Å². The van der Waals surface area contributed by atoms with Gasteiger partial charge in [-0.05, 0) is 42.5 Å². The average molecular weight is 490 g/mol. The number of nitrogens with one attached hydrogen (secondary N) is 2. The van der Waals surface area contributed by atoms with E-state index in [0.29, 0.717) is 0 Å². The minimum Gasteiger partial charge on any atom is -0.465 e. The van der Waals surface area contributed by atoms with Crippen molar-refractivity contribution in [1.29, 1.82) is 0 Å². The van der Waals surface area contributed by atoms with Gasteiger partial charge in [-0.25, -0.2) is 4.79 Å². The second-order valence-electron chi connectivity index (χ2n) is 7.34. The quantitative estimate of drug-likeness (QED) is 0.377. The van der Waals surface area contributed by atoms with Crippen molar-refractivity contribution in [1.82, 2.24) is 0 Å². The summed E-state index contributed by atoms with van der Waals surface area (Å²) in [6.07, 6.45) is 0. The fourth-order valence-corrected chi connectivity index (χ4v) is 3.20. The summed E-state index contributed by atoms with van der Waals surface area (Å²) in [5, 5.41) is 5.24. The normalized spacial score (nSPS) is 10.1. The van der Waals surface area contributed by atoms with E-state index in [2.05, 4.69) is 10.6 Å². The van der Waals surface area contributed by atoms with Crippen molar-refractivity contribution in [3.63, 3.8) is 0 Å². The zero-order valence-electron chi connectivity index (χ0n) is 19.6. The molecule has 0 radical (unpaired) electrons. The van der Waals surface area contributed by atoms with Crippen molar-refractivity contribution >= 4 is 41.1 Å². The predicted molar refractivity (Wildman–Crippen MR) is 129 cm³/mol. The zero-order chi connectivity index (χ0) is 26.2. The second-order valence-corrected chi connectivity index (χ2v) is 7.34. The Hall–Kier alpha value is -4.99. The highest BCUT2D eigenvalue weighted by Crippen LogP contribution is 2.26. The highest BCUT2D eigenvalue weighted by atomic mass is 16.5. The van der Waals surface area contributed by atoms with Gasteiger partial charge in [-0.2, -0.15) is 0 Å². The number of benzene rings is 3. The first-order valence-corrected chi connectivity index (χ1v) is 10.6. The molecule has 0 aliphatic heterocycles. The highest BCUT2D eigenvalue weighted by molar-refractivity contribution is 6.11. The maximum absolute atomic E-state index is 13.0. The average Bonchev–Trinajstić information content (AvgIpc) is 2.83. The number of hydrogen-bond acceptors (Lipinski definition) is 8. The third-order valence-electron chi connectivity index (χ3n) is 4.70. The maximum Gasteiger partial charge on any atom is 0.339 e. The van der Waals surface area contributed by atoms with Crippen molar-refractivity contribution in [3.8, 4) is 11.5 Å². The summed E-state index contributed by atoms with van der Waals surface area (Å²) in [5.41, 5.74) is 0.442. The van der Waals surface area contributed by atoms with E-state index in [0.717, 1.165) is 0 Å². The maximum atomic E-state index is 13.0. The number of carbonyl (C=O) groups is 5. The van der Waals surface area contributed by atoms with Crippen LogP contribution in [-0.4, -0.2) is 36.8 Å². The van der Waals surface area contributed by atoms with Gasteiger partial charge in [-0.15, -0.1) is 0 Å². The lowest BCUT2D eigenvalue weighted by Crippen LogP contribution is -2.18. The van der Waals surface area contributed by atoms with Crippen molar-refractivity contribution in [2.75, 3.05) is 17.7 Å². The lowest BCUT2D eigenvalue weighted by Gasteiger charge is -2.14. The number of anilines is 2. The number of para-hydroxylation sites is 2. The molecule has 184 valence electrons. The molecule has 0 aliphatic carbocycles. The first kappa shape index (κ1) is 25.6. The molecule has 3 rings (SSSR count). The lowest BCUT2D eigenvalue weighted by atomic mass is 10.1. The highest BCUT2D eigenvalue weighted by Gasteiger charge is 2.20. The van der Waals surface area contributed by atoms with Gasteiger partial charge in [0.1, 0.15) is 11.5 Å². The third-order valence-corrected chi connectivity index (χ3v) is 4.70. The van der Waals surface area contributed by atoms with Crippen LogP contribution in [0.3, 0.4) is 0 Å². The van der Waals surface area contributed by atoms with Crippen LogP contribution in [0.15, 0.2) is 66.7 Å². The van der Waals surface area contributed by atoms with Crippen LogP contribution in [0.4, 0.5) is 11.4 Å². The van der Waals surface area contributed by atoms with Gasteiger partial charge < -0.3 is 24.8 Å². The molecular formula is C26H22N2O8. The van der Waals surface area contributed by atoms with Crippen LogP contribution >= 0.6 is 0 Å². The molecule has 36 heavy (non-hydrogen) atoms. The van der Waals surface area contributed by atoms with Gasteiger partial charge in [0.05, 0.1) is 29.5 Å². The van der Waals surface area contributed by atoms with E-state index in [1.165, 1.54) is 63.4 Å². The van der Waals surface area contributed by atoms with Gasteiger partial charge in [0.15, 0.2) is 0 Å². The minimum absolute atomic E-state index is 0.0223. The number of ether oxygens (including phenoxy) is 3. The molecule has 0 aromatic heterocycles. The molecule has 0 heterocycles. The van der Waals surface area contributed by atoms with E-state index in [1.54, 1.807) is 24.3 Å². The van der Waals surface area contributed by atoms with Crippen LogP contribution in [0, 0.1) is 0 Å². The zero-order valence-corrected chi connectivity index (χ0v) is 19.6. The molecule has 0 atom stereocenters. The molecule has 0 aliphatic rings. The Bertz CT molecular complexity index is 1350. The summed E-state index contributed by atoms with van der Waals surface area (Å²) in [4.78, 5) is 60.9. The fraction of sp³-hybridized carbons (Fsp3) is 0.115. The number of methoxy groups -OCH3 is 1. The predicted octanol–water partition coefficient (Wildman–Crippen LogP) is 3.83. The molecule has 0 fully saturated rings. The summed E-state index contributed by atoms with van der Waals surface area (Å²) < 4.78 is 15.0. The summed E-state index contributed by atoms with van der Waals surface area (Å²) >= 11 is 0. The van der Waals surface area contributed by atoms with Gasteiger partial charge in [0.2, 0.25) is 0 Å². The van der Waals surface area contributed by atoms with E-state index in [1.807, 2.05) is 0 Å². The van der Waals surface area contributed by atoms with Crippen LogP contribution in [-0.2, 0) is 14.3 Å². The first-order chi connectivity index (χ1) is 17.2. The van der Waals surface area contributed by atoms with Gasteiger partial charge in [0, 0.05) is 19.5 Å². The molecule has 2 amide bonds. The molecule has 3 aromatic carbocycles. The number of amides is 2. The van der Waals surface area contributed by atoms with Gasteiger partial charge >= 0.3 is 17.9 Å². The molecule has 2 N–H and O–H groups in total. The molecule has 0 bridgehead atoms. The van der Waals surface area contributed by atoms with Gasteiger partial charge in [-0.1, -0.05) is 24.3 Å². The molecule has 0 unspecified atom stereocenters. The first-order valence-electron chi connectivity index (χ1n) is 10.6. The van der Waals surface area contributed by atoms with Crippen LogP contribution in [0.25, 0.3) is 0 Å². The van der Waals surface area contributed by atoms with E-state index in [9.17, 15) is 24.0 Å². The molecule has 3 aromatic rings. The summed E-state index contributed by atoms with van der Waals surface area (Å²) in [5.74, 6) is -3.06. The molecule has 0 saturated carbocycles. The summed E-state index contributed by atoms with van der Waals surface area (Å²) in [6.45, 7) is 2.42. The summed E-state index contributed by atoms with van der Waals surface area (Å²) in [7, 11) is 1.19. The SMILES string of the molecule is COC(=O)c1ccc(NC(=O)c2ccccc2OC(C)=O)cc1NC(=O)c1ccccc1OC(C)=O. The molecule has 0 spiro atoms. The van der Waals surface area contributed by atoms with E-state index < -0.39 is 29.7 Å². The largest absolute Gasteiger partial charge is 0.465 e. The Morgan fingerprint density at radius 3 is 1.64 bits per heavy atom. The van der Waals surface area contributed by atoms with Crippen molar-refractivity contribution in [2.24, 2.45) is 0 Å². The van der Waals surface area contributed by atoms with Crippen LogP contribution < -0.4 is 20.1 Å². The fourth-order valence-electron chi connectivity index (χ4n) is 3.20. The van der Waals surface area contributed by atoms with Crippen LogP contribution in [0.5, 0.6) is 11.5 Å². The molecule has 10 heteroatoms. The Morgan fingerprint density at radius 2 is 1.14 bits per heavy atom. The molecule has 10 nitrogen and oxygen atoms in total. The van der Waals surface area contributed by atoms with Crippen LogP contribution in [0.2, 0.25) is 0 Å². The third kappa shape index (κ3) is 6.32. The number of esters is 3. The van der Waals surface area contributed by atoms with Gasteiger partial charge in [0.25, 0.3) is 11.8 Å². The summed E-state index contributed by atoms with van der Waals surface area (Å²) in [6, 6.07) is 16.4. The lowest BCUT2D eigenvalue weighted by molar-refractivity contribution is -0.132. The van der Waals surface area contributed by atoms with E-state index in [4.69, 9.17) is 14.2 Å². The van der Waals surface area contributed by atoms with E-state index in [-0.39, 0.29) is 39.6 Å². The monoisotopic (exact) mass is 490 g/mol. The smallest absolute Gasteiger partial charge is 0.339 e. The Labute approximate surface area is 206 Å². The number of hydrogen-bond donors (Lipinski definition) is 2. The van der Waals surface area contributed by atoms with Crippen molar-refractivity contribution in [3.05, 3.63) is 83.4 Å².